The molecular formula is C15H21NO2. The average Bonchev–Trinajstić information content (AvgIpc) is 2.44. The van der Waals surface area contributed by atoms with Crippen LogP contribution in [0.15, 0.2) is 6.07 Å². The number of hydrogen-bond acceptors (Lipinski definition) is 3. The van der Waals surface area contributed by atoms with Crippen molar-refractivity contribution in [3.63, 3.8) is 0 Å². The molecule has 1 unspecified atom stereocenters. The second-order valence-electron chi connectivity index (χ2n) is 5.31. The maximum absolute atomic E-state index is 5.89. The molecule has 2 aliphatic rings. The Morgan fingerprint density at radius 1 is 1.17 bits per heavy atom. The summed E-state index contributed by atoms with van der Waals surface area (Å²) in [5, 5.41) is 3.48. The fraction of sp³-hybridized carbons (Fsp3) is 0.600. The molecular weight excluding hydrogens is 226 g/mol. The molecule has 1 aromatic carbocycles. The minimum atomic E-state index is 0.563. The predicted octanol–water partition coefficient (Wildman–Crippen LogP) is 2.54. The van der Waals surface area contributed by atoms with Crippen LogP contribution in [0.1, 0.15) is 35.4 Å². The van der Waals surface area contributed by atoms with Crippen LogP contribution >= 0.6 is 0 Å². The van der Waals surface area contributed by atoms with E-state index in [4.69, 9.17) is 9.47 Å². The second-order valence-corrected chi connectivity index (χ2v) is 5.31. The molecule has 0 radical (unpaired) electrons. The molecule has 1 aromatic rings. The Hall–Kier alpha value is -1.22. The van der Waals surface area contributed by atoms with E-state index in [1.807, 2.05) is 0 Å². The van der Waals surface area contributed by atoms with Gasteiger partial charge < -0.3 is 14.8 Å². The van der Waals surface area contributed by atoms with Crippen molar-refractivity contribution in [2.24, 2.45) is 0 Å². The summed E-state index contributed by atoms with van der Waals surface area (Å²) in [6.07, 6.45) is 2.48. The third-order valence-electron chi connectivity index (χ3n) is 4.09. The highest BCUT2D eigenvalue weighted by atomic mass is 16.6. The maximum atomic E-state index is 5.89. The largest absolute Gasteiger partial charge is 0.486 e. The first-order valence-corrected chi connectivity index (χ1v) is 6.88. The van der Waals surface area contributed by atoms with Crippen molar-refractivity contribution in [1.29, 1.82) is 0 Å². The maximum Gasteiger partial charge on any atom is 0.165 e. The van der Waals surface area contributed by atoms with Crippen molar-refractivity contribution in [2.75, 3.05) is 26.3 Å². The molecule has 1 fully saturated rings. The topological polar surface area (TPSA) is 30.5 Å². The van der Waals surface area contributed by atoms with Crippen LogP contribution in [0.5, 0.6) is 11.5 Å². The third-order valence-corrected chi connectivity index (χ3v) is 4.09. The molecule has 98 valence electrons. The minimum absolute atomic E-state index is 0.563. The Kier molecular flexibility index (Phi) is 3.16. The molecule has 1 saturated heterocycles. The van der Waals surface area contributed by atoms with Gasteiger partial charge in [-0.3, -0.25) is 0 Å². The lowest BCUT2D eigenvalue weighted by atomic mass is 9.88. The Labute approximate surface area is 108 Å². The van der Waals surface area contributed by atoms with Crippen molar-refractivity contribution in [1.82, 2.24) is 5.32 Å². The van der Waals surface area contributed by atoms with Gasteiger partial charge >= 0.3 is 0 Å². The van der Waals surface area contributed by atoms with Crippen LogP contribution in [0.25, 0.3) is 0 Å². The fourth-order valence-electron chi connectivity index (χ4n) is 2.92. The standard InChI is InChI=1S/C15H21NO2/c1-10-8-13(12-4-3-5-16-9-12)15-14(11(10)2)17-6-7-18-15/h8,12,16H,3-7,9H2,1-2H3. The van der Waals surface area contributed by atoms with Crippen molar-refractivity contribution < 1.29 is 9.47 Å². The van der Waals surface area contributed by atoms with Gasteiger partial charge in [-0.05, 0) is 44.4 Å². The molecule has 1 N–H and O–H groups in total. The van der Waals surface area contributed by atoms with Gasteiger partial charge in [0, 0.05) is 18.0 Å². The summed E-state index contributed by atoms with van der Waals surface area (Å²) in [5.41, 5.74) is 3.86. The lowest BCUT2D eigenvalue weighted by Crippen LogP contribution is -2.29. The number of aryl methyl sites for hydroxylation is 1. The monoisotopic (exact) mass is 247 g/mol. The van der Waals surface area contributed by atoms with Gasteiger partial charge in [0.15, 0.2) is 11.5 Å². The number of ether oxygens (including phenoxy) is 2. The quantitative estimate of drug-likeness (QED) is 0.827. The first-order chi connectivity index (χ1) is 8.77. The highest BCUT2D eigenvalue weighted by molar-refractivity contribution is 5.56. The first kappa shape index (κ1) is 11.8. The molecule has 3 heteroatoms. The molecule has 0 bridgehead atoms. The van der Waals surface area contributed by atoms with Gasteiger partial charge in [0.25, 0.3) is 0 Å². The Morgan fingerprint density at radius 3 is 2.67 bits per heavy atom. The lowest BCUT2D eigenvalue weighted by molar-refractivity contribution is 0.167. The number of piperidine rings is 1. The normalized spacial score (nSPS) is 22.9. The molecule has 0 aromatic heterocycles. The Bertz CT molecular complexity index is 450. The van der Waals surface area contributed by atoms with Crippen LogP contribution in [0.2, 0.25) is 0 Å². The zero-order valence-electron chi connectivity index (χ0n) is 11.2. The summed E-state index contributed by atoms with van der Waals surface area (Å²) in [6.45, 7) is 7.81. The van der Waals surface area contributed by atoms with E-state index in [9.17, 15) is 0 Å². The van der Waals surface area contributed by atoms with Crippen LogP contribution in [0.4, 0.5) is 0 Å². The smallest absolute Gasteiger partial charge is 0.165 e. The van der Waals surface area contributed by atoms with Crippen molar-refractivity contribution >= 4 is 0 Å². The van der Waals surface area contributed by atoms with E-state index in [0.717, 1.165) is 24.6 Å². The summed E-state index contributed by atoms with van der Waals surface area (Å²) in [5.74, 6) is 2.54. The minimum Gasteiger partial charge on any atom is -0.486 e. The van der Waals surface area contributed by atoms with E-state index < -0.39 is 0 Å². The number of rotatable bonds is 1. The summed E-state index contributed by atoms with van der Waals surface area (Å²) < 4.78 is 11.7. The van der Waals surface area contributed by atoms with Gasteiger partial charge in [-0.15, -0.1) is 0 Å². The number of fused-ring (bicyclic) bond motifs is 1. The van der Waals surface area contributed by atoms with Gasteiger partial charge in [0.05, 0.1) is 0 Å². The molecule has 1 atom stereocenters. The van der Waals surface area contributed by atoms with E-state index in [-0.39, 0.29) is 0 Å². The predicted molar refractivity (Wildman–Crippen MR) is 71.8 cm³/mol. The average molecular weight is 247 g/mol. The molecule has 2 aliphatic heterocycles. The molecule has 0 saturated carbocycles. The Morgan fingerprint density at radius 2 is 1.94 bits per heavy atom. The zero-order valence-corrected chi connectivity index (χ0v) is 11.2. The highest BCUT2D eigenvalue weighted by Gasteiger charge is 2.26. The molecule has 0 aliphatic carbocycles. The molecule has 18 heavy (non-hydrogen) atoms. The summed E-state index contributed by atoms with van der Waals surface area (Å²) in [6, 6.07) is 2.29. The van der Waals surface area contributed by atoms with Crippen LogP contribution in [0.3, 0.4) is 0 Å². The van der Waals surface area contributed by atoms with Gasteiger partial charge in [-0.25, -0.2) is 0 Å². The summed E-state index contributed by atoms with van der Waals surface area (Å²) >= 11 is 0. The summed E-state index contributed by atoms with van der Waals surface area (Å²) in [7, 11) is 0. The van der Waals surface area contributed by atoms with Gasteiger partial charge in [0.2, 0.25) is 0 Å². The summed E-state index contributed by atoms with van der Waals surface area (Å²) in [4.78, 5) is 0. The molecule has 0 spiro atoms. The number of benzene rings is 1. The molecule has 3 rings (SSSR count). The van der Waals surface area contributed by atoms with Crippen LogP contribution in [-0.2, 0) is 0 Å². The Balaban J connectivity index is 2.05. The molecule has 3 nitrogen and oxygen atoms in total. The molecule has 0 amide bonds. The lowest BCUT2D eigenvalue weighted by Gasteiger charge is -2.29. The number of hydrogen-bond donors (Lipinski definition) is 1. The van der Waals surface area contributed by atoms with Crippen LogP contribution in [-0.4, -0.2) is 26.3 Å². The van der Waals surface area contributed by atoms with Crippen molar-refractivity contribution in [2.45, 2.75) is 32.6 Å². The first-order valence-electron chi connectivity index (χ1n) is 6.88. The van der Waals surface area contributed by atoms with E-state index in [1.54, 1.807) is 0 Å². The SMILES string of the molecule is Cc1cc(C2CCCNC2)c2c(c1C)OCCO2. The highest BCUT2D eigenvalue weighted by Crippen LogP contribution is 2.43. The van der Waals surface area contributed by atoms with Crippen molar-refractivity contribution in [3.05, 3.63) is 22.8 Å². The fourth-order valence-corrected chi connectivity index (χ4v) is 2.92. The number of nitrogens with one attached hydrogen (secondary N) is 1. The van der Waals surface area contributed by atoms with E-state index in [0.29, 0.717) is 19.1 Å². The van der Waals surface area contributed by atoms with E-state index >= 15 is 0 Å². The van der Waals surface area contributed by atoms with Gasteiger partial charge in [-0.1, -0.05) is 6.07 Å². The molecule has 2 heterocycles. The van der Waals surface area contributed by atoms with E-state index in [2.05, 4.69) is 25.2 Å². The van der Waals surface area contributed by atoms with E-state index in [1.165, 1.54) is 29.5 Å². The van der Waals surface area contributed by atoms with Crippen LogP contribution < -0.4 is 14.8 Å². The zero-order chi connectivity index (χ0) is 12.5. The van der Waals surface area contributed by atoms with Gasteiger partial charge in [0.1, 0.15) is 13.2 Å². The second kappa shape index (κ2) is 4.81. The van der Waals surface area contributed by atoms with Crippen LogP contribution in [0, 0.1) is 13.8 Å². The van der Waals surface area contributed by atoms with Gasteiger partial charge in [-0.2, -0.15) is 0 Å². The van der Waals surface area contributed by atoms with Crippen molar-refractivity contribution in [3.8, 4) is 11.5 Å². The third kappa shape index (κ3) is 1.97.